The molecule has 0 spiro atoms. The van der Waals surface area contributed by atoms with E-state index in [0.717, 1.165) is 73.6 Å². The summed E-state index contributed by atoms with van der Waals surface area (Å²) in [6.07, 6.45) is 8.59. The molecule has 0 radical (unpaired) electrons. The number of hydrazine groups is 4. The standard InChI is InChI=1S/C20H40N10S2/c1-7-11-27(12-8-2)17-15-19(25-29(21-5)23-17)31-32-20-16-18(24-30(22-6)26-20)28(13-9-3)14-10-4/h15-16,21-24H,7-14H2,1-6H3. The van der Waals surface area contributed by atoms with E-state index in [1.807, 2.05) is 14.1 Å². The highest BCUT2D eigenvalue weighted by molar-refractivity contribution is 8.87. The van der Waals surface area contributed by atoms with Crippen LogP contribution < -0.4 is 21.7 Å². The van der Waals surface area contributed by atoms with Crippen molar-refractivity contribution < 1.29 is 0 Å². The van der Waals surface area contributed by atoms with E-state index < -0.39 is 0 Å². The lowest BCUT2D eigenvalue weighted by Crippen LogP contribution is -2.49. The van der Waals surface area contributed by atoms with Gasteiger partial charge in [-0.05, 0) is 47.3 Å². The van der Waals surface area contributed by atoms with Crippen molar-refractivity contribution in [1.82, 2.24) is 42.0 Å². The largest absolute Gasteiger partial charge is 0.357 e. The molecule has 2 rings (SSSR count). The van der Waals surface area contributed by atoms with Gasteiger partial charge in [-0.3, -0.25) is 10.9 Å². The normalized spacial score (nSPS) is 15.9. The smallest absolute Gasteiger partial charge is 0.134 e. The molecule has 2 aliphatic heterocycles. The maximum absolute atomic E-state index is 4.63. The van der Waals surface area contributed by atoms with E-state index in [1.165, 1.54) is 0 Å². The van der Waals surface area contributed by atoms with Crippen molar-refractivity contribution in [3.8, 4) is 0 Å². The molecular weight excluding hydrogens is 444 g/mol. The number of hydrazone groups is 2. The third kappa shape index (κ3) is 7.98. The second kappa shape index (κ2) is 14.4. The first-order chi connectivity index (χ1) is 15.6. The predicted octanol–water partition coefficient (Wildman–Crippen LogP) is 2.83. The van der Waals surface area contributed by atoms with E-state index in [0.29, 0.717) is 0 Å². The van der Waals surface area contributed by atoms with Crippen molar-refractivity contribution in [2.24, 2.45) is 10.2 Å². The van der Waals surface area contributed by atoms with Gasteiger partial charge in [0.25, 0.3) is 0 Å². The van der Waals surface area contributed by atoms with Gasteiger partial charge < -0.3 is 9.80 Å². The van der Waals surface area contributed by atoms with E-state index in [-0.39, 0.29) is 0 Å². The van der Waals surface area contributed by atoms with E-state index in [4.69, 9.17) is 0 Å². The third-order valence-electron chi connectivity index (χ3n) is 4.65. The predicted molar refractivity (Wildman–Crippen MR) is 139 cm³/mol. The molecule has 2 heterocycles. The highest BCUT2D eigenvalue weighted by Gasteiger charge is 2.21. The van der Waals surface area contributed by atoms with Crippen molar-refractivity contribution in [3.05, 3.63) is 23.8 Å². The van der Waals surface area contributed by atoms with Crippen molar-refractivity contribution >= 4 is 31.7 Å². The van der Waals surface area contributed by atoms with Crippen LogP contribution in [-0.4, -0.2) is 70.6 Å². The topological polar surface area (TPSA) is 85.8 Å². The van der Waals surface area contributed by atoms with Crippen LogP contribution in [0.25, 0.3) is 0 Å². The van der Waals surface area contributed by atoms with E-state index in [9.17, 15) is 0 Å². The van der Waals surface area contributed by atoms with Crippen LogP contribution in [0.2, 0.25) is 0 Å². The summed E-state index contributed by atoms with van der Waals surface area (Å²) in [6, 6.07) is 0. The Kier molecular flexibility index (Phi) is 11.9. The Hall–Kier alpha value is -1.76. The van der Waals surface area contributed by atoms with Gasteiger partial charge in [0.15, 0.2) is 0 Å². The zero-order valence-electron chi connectivity index (χ0n) is 20.3. The molecule has 0 aliphatic carbocycles. The van der Waals surface area contributed by atoms with E-state index in [1.54, 1.807) is 32.0 Å². The van der Waals surface area contributed by atoms with Crippen molar-refractivity contribution in [2.75, 3.05) is 40.3 Å². The molecule has 12 heteroatoms. The summed E-state index contributed by atoms with van der Waals surface area (Å²) < 4.78 is 0. The lowest BCUT2D eigenvalue weighted by atomic mass is 10.3. The minimum atomic E-state index is 0.904. The van der Waals surface area contributed by atoms with Crippen LogP contribution in [0.5, 0.6) is 0 Å². The molecule has 182 valence electrons. The third-order valence-corrected chi connectivity index (χ3v) is 6.75. The van der Waals surface area contributed by atoms with Gasteiger partial charge in [-0.15, -0.1) is 20.7 Å². The lowest BCUT2D eigenvalue weighted by molar-refractivity contribution is 0.124. The van der Waals surface area contributed by atoms with Crippen LogP contribution in [0, 0.1) is 0 Å². The first kappa shape index (κ1) is 26.5. The summed E-state index contributed by atoms with van der Waals surface area (Å²) in [5.74, 6) is 2.11. The van der Waals surface area contributed by atoms with E-state index in [2.05, 4.69) is 81.6 Å². The second-order valence-corrected chi connectivity index (χ2v) is 9.54. The molecule has 32 heavy (non-hydrogen) atoms. The number of rotatable bonds is 12. The summed E-state index contributed by atoms with van der Waals surface area (Å²) in [5, 5.41) is 14.4. The van der Waals surface area contributed by atoms with Gasteiger partial charge in [-0.2, -0.15) is 0 Å². The molecule has 0 saturated heterocycles. The summed E-state index contributed by atoms with van der Waals surface area (Å²) in [6.45, 7) is 12.8. The van der Waals surface area contributed by atoms with Crippen molar-refractivity contribution in [2.45, 2.75) is 53.4 Å². The highest BCUT2D eigenvalue weighted by atomic mass is 33.1. The van der Waals surface area contributed by atoms with Gasteiger partial charge >= 0.3 is 0 Å². The van der Waals surface area contributed by atoms with E-state index >= 15 is 0 Å². The number of hydrogen-bond donors (Lipinski definition) is 4. The fourth-order valence-corrected chi connectivity index (χ4v) is 5.03. The fourth-order valence-electron chi connectivity index (χ4n) is 3.31. The van der Waals surface area contributed by atoms with Gasteiger partial charge in [0.05, 0.1) is 0 Å². The Bertz CT molecular complexity index is 624. The first-order valence-corrected chi connectivity index (χ1v) is 13.7. The summed E-state index contributed by atoms with van der Waals surface area (Å²) in [4.78, 5) is 4.72. The minimum Gasteiger partial charge on any atom is -0.357 e. The Labute approximate surface area is 201 Å². The van der Waals surface area contributed by atoms with Gasteiger partial charge in [0.1, 0.15) is 21.7 Å². The molecule has 0 unspecified atom stereocenters. The Morgan fingerprint density at radius 3 is 1.34 bits per heavy atom. The molecule has 0 saturated carbocycles. The molecule has 0 aromatic carbocycles. The van der Waals surface area contributed by atoms with Gasteiger partial charge in [0.2, 0.25) is 0 Å². The summed E-state index contributed by atoms with van der Waals surface area (Å²) in [7, 11) is 6.90. The molecule has 10 nitrogen and oxygen atoms in total. The summed E-state index contributed by atoms with van der Waals surface area (Å²) >= 11 is 0. The molecule has 0 atom stereocenters. The molecule has 0 aromatic heterocycles. The quantitative estimate of drug-likeness (QED) is 0.310. The number of nitrogens with zero attached hydrogens (tertiary/aromatic N) is 6. The average molecular weight is 485 g/mol. The summed E-state index contributed by atoms with van der Waals surface area (Å²) in [5.41, 5.74) is 12.8. The second-order valence-electron chi connectivity index (χ2n) is 7.37. The van der Waals surface area contributed by atoms with Crippen molar-refractivity contribution in [1.29, 1.82) is 0 Å². The van der Waals surface area contributed by atoms with Gasteiger partial charge in [0, 0.05) is 52.4 Å². The lowest BCUT2D eigenvalue weighted by Gasteiger charge is -2.34. The molecule has 0 fully saturated rings. The Balaban J connectivity index is 2.15. The van der Waals surface area contributed by atoms with Crippen molar-refractivity contribution in [3.63, 3.8) is 0 Å². The first-order valence-electron chi connectivity index (χ1n) is 11.5. The number of nitrogens with one attached hydrogen (secondary N) is 4. The van der Waals surface area contributed by atoms with Crippen LogP contribution in [-0.2, 0) is 0 Å². The molecule has 2 aliphatic rings. The highest BCUT2D eigenvalue weighted by Crippen LogP contribution is 2.30. The number of hydrogen-bond acceptors (Lipinski definition) is 12. The van der Waals surface area contributed by atoms with Gasteiger partial charge in [-0.1, -0.05) is 27.7 Å². The van der Waals surface area contributed by atoms with Gasteiger partial charge in [-0.25, -0.2) is 10.9 Å². The van der Waals surface area contributed by atoms with Crippen LogP contribution in [0.3, 0.4) is 0 Å². The molecule has 0 bridgehead atoms. The Morgan fingerprint density at radius 2 is 1.06 bits per heavy atom. The maximum Gasteiger partial charge on any atom is 0.134 e. The zero-order valence-corrected chi connectivity index (χ0v) is 21.9. The average Bonchev–Trinajstić information content (AvgIpc) is 2.82. The maximum atomic E-state index is 4.63. The molecule has 0 amide bonds. The minimum absolute atomic E-state index is 0.904. The molecule has 4 N–H and O–H groups in total. The molecule has 0 aromatic rings. The Morgan fingerprint density at radius 1 is 0.719 bits per heavy atom. The van der Waals surface area contributed by atoms with Crippen LogP contribution in [0.4, 0.5) is 0 Å². The van der Waals surface area contributed by atoms with Crippen LogP contribution in [0.1, 0.15) is 53.4 Å². The SMILES string of the molecule is CCCN(CCC)C1=CC(SSC2=NN(NC)NC(N(CCC)CCC)=C2)=NN(NC)N1. The zero-order chi connectivity index (χ0) is 23.3. The molecular formula is C20H40N10S2. The van der Waals surface area contributed by atoms with Crippen LogP contribution in [0.15, 0.2) is 34.0 Å². The fraction of sp³-hybridized carbons (Fsp3) is 0.700. The van der Waals surface area contributed by atoms with Crippen LogP contribution >= 0.6 is 21.6 Å². The monoisotopic (exact) mass is 484 g/mol.